The number of nitrogens with zero attached hydrogens (tertiary/aromatic N) is 4. The van der Waals surface area contributed by atoms with Crippen molar-refractivity contribution in [1.82, 2.24) is 25.3 Å². The van der Waals surface area contributed by atoms with E-state index in [9.17, 15) is 0 Å². The molecule has 0 saturated heterocycles. The van der Waals surface area contributed by atoms with E-state index in [-0.39, 0.29) is 6.04 Å². The Morgan fingerprint density at radius 1 is 0.543 bits per heavy atom. The highest BCUT2D eigenvalue weighted by atomic mass is 14.9. The Bertz CT molecular complexity index is 2390. The van der Waals surface area contributed by atoms with Gasteiger partial charge >= 0.3 is 0 Å². The summed E-state index contributed by atoms with van der Waals surface area (Å²) in [5.74, 6) is 0. The summed E-state index contributed by atoms with van der Waals surface area (Å²) < 4.78 is 0. The van der Waals surface area contributed by atoms with Crippen molar-refractivity contribution in [2.45, 2.75) is 6.04 Å². The topological polar surface area (TPSA) is 63.6 Å². The first-order valence-corrected chi connectivity index (χ1v) is 15.4. The fraction of sp³-hybridized carbons (Fsp3) is 0.0244. The Morgan fingerprint density at radius 3 is 1.91 bits per heavy atom. The van der Waals surface area contributed by atoms with E-state index < -0.39 is 0 Å². The van der Waals surface area contributed by atoms with Gasteiger partial charge in [-0.25, -0.2) is 9.97 Å². The number of hydrogen-bond acceptors (Lipinski definition) is 5. The second-order valence-electron chi connectivity index (χ2n) is 11.6. The zero-order valence-electron chi connectivity index (χ0n) is 24.8. The first-order valence-electron chi connectivity index (χ1n) is 15.4. The van der Waals surface area contributed by atoms with Gasteiger partial charge in [-0.05, 0) is 88.1 Å². The van der Waals surface area contributed by atoms with Gasteiger partial charge in [0.2, 0.25) is 0 Å². The van der Waals surface area contributed by atoms with E-state index in [1.54, 1.807) is 6.20 Å². The minimum absolute atomic E-state index is 0.0545. The van der Waals surface area contributed by atoms with E-state index >= 15 is 0 Å². The number of allylic oxidation sites excluding steroid dienone is 2. The van der Waals surface area contributed by atoms with Crippen LogP contribution in [0.4, 0.5) is 0 Å². The lowest BCUT2D eigenvalue weighted by atomic mass is 9.85. The second-order valence-corrected chi connectivity index (χ2v) is 11.6. The predicted octanol–water partition coefficient (Wildman–Crippen LogP) is 9.21. The molecule has 0 radical (unpaired) electrons. The third-order valence-electron chi connectivity index (χ3n) is 8.89. The number of aromatic nitrogens is 4. The smallest absolute Gasteiger partial charge is 0.0947 e. The van der Waals surface area contributed by atoms with Gasteiger partial charge in [-0.15, -0.1) is 0 Å². The van der Waals surface area contributed by atoms with Gasteiger partial charge in [0.1, 0.15) is 0 Å². The molecule has 3 aromatic carbocycles. The molecule has 5 nitrogen and oxygen atoms in total. The van der Waals surface area contributed by atoms with Crippen LogP contribution < -0.4 is 5.32 Å². The number of dihydropyridines is 1. The lowest BCUT2D eigenvalue weighted by Gasteiger charge is -2.28. The van der Waals surface area contributed by atoms with Crippen molar-refractivity contribution >= 4 is 33.5 Å². The van der Waals surface area contributed by atoms with Gasteiger partial charge < -0.3 is 5.32 Å². The van der Waals surface area contributed by atoms with E-state index in [2.05, 4.69) is 118 Å². The SMILES string of the molecule is C1=CC(c2ccc(-c3ccc4ccc(-c5ccc6ccc(-c7cccnc7)nc6c5)cc4n3)cc2)=C2C=Cc3cccnc3C2N1. The monoisotopic (exact) mass is 589 g/mol. The van der Waals surface area contributed by atoms with Gasteiger partial charge in [-0.3, -0.25) is 9.97 Å². The Morgan fingerprint density at radius 2 is 1.20 bits per heavy atom. The van der Waals surface area contributed by atoms with E-state index in [4.69, 9.17) is 9.97 Å². The standard InChI is InChI=1S/C41H27N5/c1-4-33(25-42-20-1)37-18-15-29-10-12-32(24-39(29)46-37)31-11-9-28-14-17-36(45-38(28)23-31)27-7-5-26(6-8-27)34-19-22-44-41-35(34)16-13-30-3-2-21-43-40(30)41/h1-25,41,44H. The highest BCUT2D eigenvalue weighted by molar-refractivity contribution is 5.90. The molecule has 1 aliphatic heterocycles. The van der Waals surface area contributed by atoms with Crippen molar-refractivity contribution in [3.8, 4) is 33.6 Å². The molecule has 0 saturated carbocycles. The molecule has 1 atom stereocenters. The number of benzene rings is 3. The molecule has 0 amide bonds. The van der Waals surface area contributed by atoms with Crippen LogP contribution in [0.1, 0.15) is 22.9 Å². The number of rotatable bonds is 4. The van der Waals surface area contributed by atoms with Crippen LogP contribution in [0.5, 0.6) is 0 Å². The number of nitrogens with one attached hydrogen (secondary N) is 1. The summed E-state index contributed by atoms with van der Waals surface area (Å²) in [6, 6.07) is 38.2. The molecule has 0 fully saturated rings. The zero-order chi connectivity index (χ0) is 30.5. The van der Waals surface area contributed by atoms with Crippen LogP contribution in [-0.2, 0) is 0 Å². The second kappa shape index (κ2) is 10.8. The maximum atomic E-state index is 5.10. The summed E-state index contributed by atoms with van der Waals surface area (Å²) in [6.07, 6.45) is 14.0. The molecule has 4 aromatic heterocycles. The minimum Gasteiger partial charge on any atom is -0.379 e. The molecular formula is C41H27N5. The molecule has 7 aromatic rings. The van der Waals surface area contributed by atoms with Crippen molar-refractivity contribution in [2.24, 2.45) is 0 Å². The summed E-state index contributed by atoms with van der Waals surface area (Å²) in [5, 5.41) is 5.71. The Balaban J connectivity index is 1.03. The van der Waals surface area contributed by atoms with Crippen LogP contribution >= 0.6 is 0 Å². The Kier molecular flexibility index (Phi) is 6.13. The van der Waals surface area contributed by atoms with Gasteiger partial charge in [0.05, 0.1) is 34.2 Å². The van der Waals surface area contributed by atoms with E-state index in [0.29, 0.717) is 0 Å². The van der Waals surface area contributed by atoms with Gasteiger partial charge in [-0.1, -0.05) is 78.9 Å². The third kappa shape index (κ3) is 4.57. The molecule has 5 heteroatoms. The highest BCUT2D eigenvalue weighted by Crippen LogP contribution is 2.38. The van der Waals surface area contributed by atoms with Crippen LogP contribution in [0, 0.1) is 0 Å². The summed E-state index contributed by atoms with van der Waals surface area (Å²) >= 11 is 0. The molecule has 9 rings (SSSR count). The molecule has 2 aliphatic rings. The first kappa shape index (κ1) is 26.2. The molecule has 0 spiro atoms. The highest BCUT2D eigenvalue weighted by Gasteiger charge is 2.26. The van der Waals surface area contributed by atoms with Crippen LogP contribution in [-0.4, -0.2) is 19.9 Å². The maximum absolute atomic E-state index is 5.10. The summed E-state index contributed by atoms with van der Waals surface area (Å²) in [6.45, 7) is 0. The van der Waals surface area contributed by atoms with Gasteiger partial charge in [0, 0.05) is 40.5 Å². The van der Waals surface area contributed by atoms with Gasteiger partial charge in [-0.2, -0.15) is 0 Å². The van der Waals surface area contributed by atoms with Gasteiger partial charge in [0.25, 0.3) is 0 Å². The van der Waals surface area contributed by atoms with Crippen LogP contribution in [0.2, 0.25) is 0 Å². The van der Waals surface area contributed by atoms with Crippen LogP contribution in [0.25, 0.3) is 67.1 Å². The number of pyridine rings is 4. The van der Waals surface area contributed by atoms with Crippen molar-refractivity contribution in [2.75, 3.05) is 0 Å². The Hall–Kier alpha value is -6.20. The molecule has 1 N–H and O–H groups in total. The molecule has 5 heterocycles. The fourth-order valence-corrected chi connectivity index (χ4v) is 6.49. The molecule has 216 valence electrons. The lowest BCUT2D eigenvalue weighted by Crippen LogP contribution is -2.24. The van der Waals surface area contributed by atoms with Crippen molar-refractivity contribution in [1.29, 1.82) is 0 Å². The number of hydrogen-bond donors (Lipinski definition) is 1. The maximum Gasteiger partial charge on any atom is 0.0947 e. The summed E-state index contributed by atoms with van der Waals surface area (Å²) in [7, 11) is 0. The zero-order valence-corrected chi connectivity index (χ0v) is 24.8. The third-order valence-corrected chi connectivity index (χ3v) is 8.89. The van der Waals surface area contributed by atoms with Crippen molar-refractivity contribution < 1.29 is 0 Å². The molecule has 0 bridgehead atoms. The molecule has 46 heavy (non-hydrogen) atoms. The largest absolute Gasteiger partial charge is 0.379 e. The van der Waals surface area contributed by atoms with Crippen molar-refractivity contribution in [3.63, 3.8) is 0 Å². The predicted molar refractivity (Wildman–Crippen MR) is 186 cm³/mol. The number of fused-ring (bicyclic) bond motifs is 5. The molecule has 1 unspecified atom stereocenters. The molecular weight excluding hydrogens is 562 g/mol. The fourth-order valence-electron chi connectivity index (χ4n) is 6.49. The van der Waals surface area contributed by atoms with Crippen LogP contribution in [0.15, 0.2) is 152 Å². The summed E-state index contributed by atoms with van der Waals surface area (Å²) in [4.78, 5) is 19.0. The lowest BCUT2D eigenvalue weighted by molar-refractivity contribution is 0.692. The van der Waals surface area contributed by atoms with E-state index in [1.807, 2.05) is 42.9 Å². The summed E-state index contributed by atoms with van der Waals surface area (Å²) in [5.41, 5.74) is 13.9. The average Bonchev–Trinajstić information content (AvgIpc) is 3.14. The average molecular weight is 590 g/mol. The van der Waals surface area contributed by atoms with Crippen molar-refractivity contribution in [3.05, 3.63) is 169 Å². The van der Waals surface area contributed by atoms with Gasteiger partial charge in [0.15, 0.2) is 0 Å². The van der Waals surface area contributed by atoms with Crippen LogP contribution in [0.3, 0.4) is 0 Å². The molecule has 1 aliphatic carbocycles. The first-order chi connectivity index (χ1) is 22.8. The Labute approximate surface area is 266 Å². The van der Waals surface area contributed by atoms with E-state index in [0.717, 1.165) is 66.7 Å². The van der Waals surface area contributed by atoms with E-state index in [1.165, 1.54) is 16.7 Å². The normalized spacial score (nSPS) is 15.1. The quantitative estimate of drug-likeness (QED) is 0.222. The minimum atomic E-state index is 0.0545.